The van der Waals surface area contributed by atoms with Crippen LogP contribution in [0.1, 0.15) is 44.1 Å². The first kappa shape index (κ1) is 17.9. The molecule has 0 bridgehead atoms. The Morgan fingerprint density at radius 2 is 2.00 bits per heavy atom. The van der Waals surface area contributed by atoms with Gasteiger partial charge < -0.3 is 10.8 Å². The minimum absolute atomic E-state index is 0.513. The highest BCUT2D eigenvalue weighted by atomic mass is 35.5. The van der Waals surface area contributed by atoms with Crippen LogP contribution < -0.4 is 11.2 Å². The number of hydrogen-bond donors (Lipinski definition) is 3. The van der Waals surface area contributed by atoms with E-state index in [-0.39, 0.29) is 0 Å². The molecule has 0 heterocycles. The minimum atomic E-state index is -1.24. The predicted octanol–water partition coefficient (Wildman–Crippen LogP) is 2.45. The van der Waals surface area contributed by atoms with E-state index in [4.69, 9.17) is 17.3 Å². The topological polar surface area (TPSA) is 87.7 Å². The summed E-state index contributed by atoms with van der Waals surface area (Å²) in [4.78, 5) is 11.9. The summed E-state index contributed by atoms with van der Waals surface area (Å²) < 4.78 is 0. The summed E-state index contributed by atoms with van der Waals surface area (Å²) in [7, 11) is 0. The first-order valence-electron chi connectivity index (χ1n) is 8.08. The smallest absolute Gasteiger partial charge is 0.270 e. The van der Waals surface area contributed by atoms with Crippen LogP contribution in [0, 0.1) is 5.92 Å². The fourth-order valence-corrected chi connectivity index (χ4v) is 3.04. The number of amides is 1. The van der Waals surface area contributed by atoms with Gasteiger partial charge in [0.2, 0.25) is 0 Å². The predicted molar refractivity (Wildman–Crippen MR) is 92.4 cm³/mol. The number of aliphatic hydroxyl groups excluding tert-OH is 1. The Morgan fingerprint density at radius 1 is 1.35 bits per heavy atom. The van der Waals surface area contributed by atoms with E-state index >= 15 is 0 Å². The number of nitrogens with zero attached hydrogens (tertiary/aromatic N) is 1. The van der Waals surface area contributed by atoms with Crippen LogP contribution in [0.5, 0.6) is 0 Å². The number of aliphatic hydroxyl groups is 1. The summed E-state index contributed by atoms with van der Waals surface area (Å²) >= 11 is 5.79. The Balaban J connectivity index is 1.78. The van der Waals surface area contributed by atoms with Crippen molar-refractivity contribution < 1.29 is 9.90 Å². The average Bonchev–Trinajstić information content (AvgIpc) is 2.56. The molecule has 6 heteroatoms. The number of halogens is 1. The van der Waals surface area contributed by atoms with Crippen LogP contribution in [0.4, 0.5) is 0 Å². The monoisotopic (exact) mass is 337 g/mol. The number of rotatable bonds is 6. The van der Waals surface area contributed by atoms with Crippen molar-refractivity contribution in [2.75, 3.05) is 0 Å². The van der Waals surface area contributed by atoms with Gasteiger partial charge in [-0.05, 0) is 30.0 Å². The van der Waals surface area contributed by atoms with Crippen LogP contribution in [-0.4, -0.2) is 29.4 Å². The Morgan fingerprint density at radius 3 is 2.65 bits per heavy atom. The number of hydrazone groups is 1. The van der Waals surface area contributed by atoms with Crippen LogP contribution >= 0.6 is 11.6 Å². The van der Waals surface area contributed by atoms with Crippen molar-refractivity contribution in [1.29, 1.82) is 0 Å². The minimum Gasteiger partial charge on any atom is -0.382 e. The lowest BCUT2D eigenvalue weighted by Gasteiger charge is -2.26. The number of benzene rings is 1. The molecule has 1 amide bonds. The zero-order valence-electron chi connectivity index (χ0n) is 13.1. The van der Waals surface area contributed by atoms with Crippen LogP contribution in [0.2, 0.25) is 5.02 Å². The van der Waals surface area contributed by atoms with Gasteiger partial charge in [0.1, 0.15) is 6.10 Å². The highest BCUT2D eigenvalue weighted by molar-refractivity contribution is 6.30. The molecule has 4 N–H and O–H groups in total. The molecule has 1 fully saturated rings. The molecule has 1 aliphatic carbocycles. The summed E-state index contributed by atoms with van der Waals surface area (Å²) in [5.41, 5.74) is 9.10. The van der Waals surface area contributed by atoms with Crippen molar-refractivity contribution in [3.63, 3.8) is 0 Å². The van der Waals surface area contributed by atoms with Gasteiger partial charge >= 0.3 is 0 Å². The Kier molecular flexibility index (Phi) is 7.02. The van der Waals surface area contributed by atoms with E-state index in [0.29, 0.717) is 17.4 Å². The van der Waals surface area contributed by atoms with Gasteiger partial charge in [-0.3, -0.25) is 4.79 Å². The maximum atomic E-state index is 11.9. The van der Waals surface area contributed by atoms with E-state index in [9.17, 15) is 9.90 Å². The molecule has 0 aromatic heterocycles. The SMILES string of the molecule is N[C@H](CC1CCCCC1)C(O)C(=O)N/N=C/c1ccc(Cl)cc1. The van der Waals surface area contributed by atoms with Crippen molar-refractivity contribution in [3.05, 3.63) is 34.9 Å². The molecular formula is C17H24ClN3O2. The molecule has 1 aromatic rings. The molecular weight excluding hydrogens is 314 g/mol. The number of carbonyl (C=O) groups is 1. The number of carbonyl (C=O) groups excluding carboxylic acids is 1. The molecule has 126 valence electrons. The van der Waals surface area contributed by atoms with Gasteiger partial charge in [-0.15, -0.1) is 0 Å². The molecule has 0 saturated heterocycles. The second-order valence-corrected chi connectivity index (χ2v) is 6.57. The van der Waals surface area contributed by atoms with E-state index in [1.165, 1.54) is 25.5 Å². The van der Waals surface area contributed by atoms with Gasteiger partial charge in [0, 0.05) is 11.1 Å². The van der Waals surface area contributed by atoms with Crippen LogP contribution in [0.3, 0.4) is 0 Å². The molecule has 5 nitrogen and oxygen atoms in total. The first-order valence-corrected chi connectivity index (χ1v) is 8.46. The maximum Gasteiger partial charge on any atom is 0.270 e. The molecule has 0 aliphatic heterocycles. The van der Waals surface area contributed by atoms with Gasteiger partial charge in [-0.25, -0.2) is 5.43 Å². The van der Waals surface area contributed by atoms with Crippen molar-refractivity contribution in [2.24, 2.45) is 16.8 Å². The van der Waals surface area contributed by atoms with Crippen LogP contribution in [0.15, 0.2) is 29.4 Å². The maximum absolute atomic E-state index is 11.9. The first-order chi connectivity index (χ1) is 11.1. The zero-order valence-corrected chi connectivity index (χ0v) is 13.9. The third-order valence-corrected chi connectivity index (χ3v) is 4.51. The lowest BCUT2D eigenvalue weighted by Crippen LogP contribution is -2.46. The van der Waals surface area contributed by atoms with Gasteiger partial charge in [0.15, 0.2) is 0 Å². The summed E-state index contributed by atoms with van der Waals surface area (Å²) in [5.74, 6) is -0.0581. The summed E-state index contributed by atoms with van der Waals surface area (Å²) in [6.07, 6.45) is 6.90. The van der Waals surface area contributed by atoms with Crippen LogP contribution in [0.25, 0.3) is 0 Å². The van der Waals surface area contributed by atoms with E-state index in [1.807, 2.05) is 0 Å². The third kappa shape index (κ3) is 5.94. The molecule has 2 atom stereocenters. The molecule has 2 rings (SSSR count). The molecule has 1 unspecified atom stereocenters. The molecule has 23 heavy (non-hydrogen) atoms. The number of nitrogens with one attached hydrogen (secondary N) is 1. The normalized spacial score (nSPS) is 18.7. The summed E-state index contributed by atoms with van der Waals surface area (Å²) in [6.45, 7) is 0. The average molecular weight is 338 g/mol. The highest BCUT2D eigenvalue weighted by Crippen LogP contribution is 2.27. The second-order valence-electron chi connectivity index (χ2n) is 6.13. The standard InChI is InChI=1S/C17H24ClN3O2/c18-14-8-6-13(7-9-14)11-20-21-17(23)16(22)15(19)10-12-4-2-1-3-5-12/h6-9,11-12,15-16,22H,1-5,10,19H2,(H,21,23)/b20-11+/t15-,16?/m1/s1. The Labute approximate surface area is 141 Å². The van der Waals surface area contributed by atoms with Crippen LogP contribution in [-0.2, 0) is 4.79 Å². The molecule has 0 radical (unpaired) electrons. The van der Waals surface area contributed by atoms with E-state index in [1.54, 1.807) is 24.3 Å². The zero-order chi connectivity index (χ0) is 16.7. The van der Waals surface area contributed by atoms with E-state index in [2.05, 4.69) is 10.5 Å². The molecule has 1 aliphatic rings. The van der Waals surface area contributed by atoms with Gasteiger partial charge in [0.05, 0.1) is 6.21 Å². The second kappa shape index (κ2) is 9.01. The largest absolute Gasteiger partial charge is 0.382 e. The number of hydrogen-bond acceptors (Lipinski definition) is 4. The molecule has 1 aromatic carbocycles. The van der Waals surface area contributed by atoms with E-state index < -0.39 is 18.1 Å². The molecule has 0 spiro atoms. The lowest BCUT2D eigenvalue weighted by molar-refractivity contribution is -0.130. The van der Waals surface area contributed by atoms with E-state index in [0.717, 1.165) is 18.4 Å². The van der Waals surface area contributed by atoms with Crippen molar-refractivity contribution in [2.45, 2.75) is 50.7 Å². The van der Waals surface area contributed by atoms with Crippen molar-refractivity contribution >= 4 is 23.7 Å². The Bertz CT molecular complexity index is 527. The fourth-order valence-electron chi connectivity index (χ4n) is 2.92. The fraction of sp³-hybridized carbons (Fsp3) is 0.529. The summed E-state index contributed by atoms with van der Waals surface area (Å²) in [5, 5.41) is 14.5. The van der Waals surface area contributed by atoms with Crippen molar-refractivity contribution in [1.82, 2.24) is 5.43 Å². The van der Waals surface area contributed by atoms with Crippen molar-refractivity contribution in [3.8, 4) is 0 Å². The Hall–Kier alpha value is -1.43. The summed E-state index contributed by atoms with van der Waals surface area (Å²) in [6, 6.07) is 6.48. The van der Waals surface area contributed by atoms with Gasteiger partial charge in [0.25, 0.3) is 5.91 Å². The molecule has 1 saturated carbocycles. The lowest BCUT2D eigenvalue weighted by atomic mass is 9.84. The number of nitrogens with two attached hydrogens (primary N) is 1. The quantitative estimate of drug-likeness (QED) is 0.550. The third-order valence-electron chi connectivity index (χ3n) is 4.26. The highest BCUT2D eigenvalue weighted by Gasteiger charge is 2.26. The van der Waals surface area contributed by atoms with Gasteiger partial charge in [-0.1, -0.05) is 55.8 Å². The van der Waals surface area contributed by atoms with Gasteiger partial charge in [-0.2, -0.15) is 5.10 Å².